The van der Waals surface area contributed by atoms with Crippen LogP contribution in [0.1, 0.15) is 53.4 Å². The van der Waals surface area contributed by atoms with Crippen LogP contribution in [0.25, 0.3) is 33.7 Å². The molecule has 0 aromatic heterocycles. The number of unbranched alkanes of at least 4 members (excludes halogenated alkanes) is 2. The molecule has 5 aromatic rings. The Balaban J connectivity index is 1.05. The molecule has 0 fully saturated rings. The van der Waals surface area contributed by atoms with Crippen molar-refractivity contribution >= 4 is 108 Å². The Morgan fingerprint density at radius 2 is 1.13 bits per heavy atom. The van der Waals surface area contributed by atoms with E-state index in [0.29, 0.717) is 69.1 Å². The number of phosphoric acid groups is 2. The molecular formula is C47H43Cl2N3O13P2. The molecule has 0 saturated heterocycles. The predicted molar refractivity (Wildman–Crippen MR) is 255 cm³/mol. The van der Waals surface area contributed by atoms with Gasteiger partial charge >= 0.3 is 15.6 Å². The maximum Gasteiger partial charge on any atom is 0.524 e. The van der Waals surface area contributed by atoms with E-state index in [2.05, 4.69) is 0 Å². The number of halogens is 2. The molecule has 3 aliphatic rings. The Morgan fingerprint density at radius 3 is 1.63 bits per heavy atom. The monoisotopic (exact) mass is 989 g/mol. The number of nitrogens with zero attached hydrogens (tertiary/aromatic N) is 3. The van der Waals surface area contributed by atoms with Gasteiger partial charge in [0.15, 0.2) is 0 Å². The molecule has 4 amide bonds. The lowest BCUT2D eigenvalue weighted by molar-refractivity contribution is -0.136. The van der Waals surface area contributed by atoms with E-state index in [1.54, 1.807) is 78.9 Å². The van der Waals surface area contributed by atoms with Crippen molar-refractivity contribution in [2.75, 3.05) is 47.8 Å². The summed E-state index contributed by atoms with van der Waals surface area (Å²) in [5.41, 5.74) is 3.37. The number of hydrogen-bond donors (Lipinski definition) is 4. The van der Waals surface area contributed by atoms with Crippen LogP contribution in [0.5, 0.6) is 17.2 Å². The summed E-state index contributed by atoms with van der Waals surface area (Å²) >= 11 is 12.8. The van der Waals surface area contributed by atoms with Crippen LogP contribution in [0.15, 0.2) is 103 Å². The summed E-state index contributed by atoms with van der Waals surface area (Å²) in [7, 11) is -9.93. The first-order chi connectivity index (χ1) is 32.0. The number of carbonyl (C=O) groups is 4. The summed E-state index contributed by atoms with van der Waals surface area (Å²) in [6, 6.07) is 21.9. The molecule has 0 aliphatic carbocycles. The third kappa shape index (κ3) is 10.5. The van der Waals surface area contributed by atoms with E-state index in [-0.39, 0.29) is 73.2 Å². The van der Waals surface area contributed by atoms with Gasteiger partial charge in [-0.25, -0.2) is 9.13 Å². The van der Waals surface area contributed by atoms with Crippen LogP contribution in [-0.4, -0.2) is 86.1 Å². The summed E-state index contributed by atoms with van der Waals surface area (Å²) in [4.78, 5) is 94.8. The van der Waals surface area contributed by atoms with Crippen LogP contribution >= 0.6 is 38.8 Å². The first kappa shape index (κ1) is 47.7. The SMILES string of the molecule is O=C1C=CC(=O)N1CCCCCOc1cc(/C=C/C(=O)N2C[C@@H](CCl)c3c2cc(OP(=O)(O)O)c2ccccc32)ccc1/C=C/C(=O)N1C[C@@H](CCl)c2c1cc(OP(=O)(O)O)c1ccccc21. The van der Waals surface area contributed by atoms with E-state index in [9.17, 15) is 47.9 Å². The Labute approximate surface area is 394 Å². The minimum absolute atomic E-state index is 0.0846. The third-order valence-corrected chi connectivity index (χ3v) is 13.3. The largest absolute Gasteiger partial charge is 0.524 e. The Hall–Kier alpha value is -5.80. The zero-order valence-corrected chi connectivity index (χ0v) is 38.7. The summed E-state index contributed by atoms with van der Waals surface area (Å²) in [5.74, 6) is -1.63. The van der Waals surface area contributed by atoms with Crippen LogP contribution in [-0.2, 0) is 28.3 Å². The predicted octanol–water partition coefficient (Wildman–Crippen LogP) is 8.17. The fraction of sp³-hybridized carbons (Fsp3) is 0.234. The number of hydrogen-bond acceptors (Lipinski definition) is 9. The fourth-order valence-electron chi connectivity index (χ4n) is 8.71. The minimum atomic E-state index is -4.97. The zero-order chi connectivity index (χ0) is 47.6. The lowest BCUT2D eigenvalue weighted by Crippen LogP contribution is -2.30. The second-order valence-electron chi connectivity index (χ2n) is 16.0. The second-order valence-corrected chi connectivity index (χ2v) is 18.9. The van der Waals surface area contributed by atoms with Gasteiger partial charge in [0.2, 0.25) is 0 Å². The lowest BCUT2D eigenvalue weighted by Gasteiger charge is -2.18. The Morgan fingerprint density at radius 1 is 0.642 bits per heavy atom. The van der Waals surface area contributed by atoms with Crippen LogP contribution < -0.4 is 23.6 Å². The minimum Gasteiger partial charge on any atom is -0.493 e. The molecule has 0 spiro atoms. The number of benzene rings is 5. The lowest BCUT2D eigenvalue weighted by atomic mass is 9.95. The van der Waals surface area contributed by atoms with E-state index in [1.165, 1.54) is 51.1 Å². The Bertz CT molecular complexity index is 2990. The number of imide groups is 1. The second kappa shape index (κ2) is 19.8. The highest BCUT2D eigenvalue weighted by Gasteiger charge is 2.36. The van der Waals surface area contributed by atoms with Crippen LogP contribution in [0.3, 0.4) is 0 Å². The molecule has 0 unspecified atom stereocenters. The number of fused-ring (bicyclic) bond motifs is 6. The molecule has 8 rings (SSSR count). The van der Waals surface area contributed by atoms with Crippen molar-refractivity contribution in [2.24, 2.45) is 0 Å². The number of ether oxygens (including phenoxy) is 1. The van der Waals surface area contributed by atoms with Crippen molar-refractivity contribution in [1.82, 2.24) is 4.90 Å². The number of alkyl halides is 2. The van der Waals surface area contributed by atoms with Gasteiger partial charge in [0, 0.05) is 96.0 Å². The van der Waals surface area contributed by atoms with E-state index >= 15 is 0 Å². The van der Waals surface area contributed by atoms with Gasteiger partial charge in [0.25, 0.3) is 23.6 Å². The van der Waals surface area contributed by atoms with E-state index < -0.39 is 27.5 Å². The molecule has 3 aliphatic heterocycles. The molecule has 348 valence electrons. The highest BCUT2D eigenvalue weighted by Crippen LogP contribution is 2.51. The van der Waals surface area contributed by atoms with Gasteiger partial charge in [-0.1, -0.05) is 60.7 Å². The van der Waals surface area contributed by atoms with E-state index in [0.717, 1.165) is 11.1 Å². The van der Waals surface area contributed by atoms with Gasteiger partial charge < -0.3 is 23.6 Å². The molecule has 0 saturated carbocycles. The van der Waals surface area contributed by atoms with Crippen molar-refractivity contribution in [1.29, 1.82) is 0 Å². The molecule has 4 N–H and O–H groups in total. The molecule has 20 heteroatoms. The maximum atomic E-state index is 14.0. The average Bonchev–Trinajstić information content (AvgIpc) is 3.97. The highest BCUT2D eigenvalue weighted by molar-refractivity contribution is 7.47. The standard InChI is InChI=1S/C47H43Cl2N3O13P2/c48-25-31-27-51(37-23-40(64-66(57,58)59)33-8-2-4-10-35(33)46(31)37)44(55)16-13-29-12-14-30(39(22-29)63-21-7-1-6-20-50-42(53)18-19-43(50)54)15-17-45(56)52-28-32(26-49)47-36-11-5-3-9-34(36)41(24-38(47)52)65-67(60,61)62/h2-5,8-19,22-24,31-32H,1,6-7,20-21,25-28H2,(H2,57,58,59)(H2,60,61,62)/b16-13+,17-15+/t31-,32-/m1/s1. The molecule has 16 nitrogen and oxygen atoms in total. The molecule has 0 bridgehead atoms. The number of rotatable bonds is 17. The zero-order valence-electron chi connectivity index (χ0n) is 35.4. The number of phosphoric ester groups is 2. The van der Waals surface area contributed by atoms with Crippen LogP contribution in [0.2, 0.25) is 0 Å². The quantitative estimate of drug-likeness (QED) is 0.0227. The maximum absolute atomic E-state index is 14.0. The van der Waals surface area contributed by atoms with Crippen molar-refractivity contribution in [2.45, 2.75) is 31.1 Å². The summed E-state index contributed by atoms with van der Waals surface area (Å²) in [5, 5.41) is 2.20. The third-order valence-electron chi connectivity index (χ3n) is 11.6. The summed E-state index contributed by atoms with van der Waals surface area (Å²) in [6.45, 7) is 0.891. The first-order valence-corrected chi connectivity index (χ1v) is 25.2. The first-order valence-electron chi connectivity index (χ1n) is 21.1. The van der Waals surface area contributed by atoms with Gasteiger partial charge in [0.1, 0.15) is 17.2 Å². The summed E-state index contributed by atoms with van der Waals surface area (Å²) < 4.78 is 40.3. The normalized spacial score (nSPS) is 17.1. The van der Waals surface area contributed by atoms with E-state index in [1.807, 2.05) is 0 Å². The van der Waals surface area contributed by atoms with Gasteiger partial charge in [-0.3, -0.25) is 43.7 Å². The number of carbonyl (C=O) groups excluding carboxylic acids is 4. The number of amides is 4. The molecular weight excluding hydrogens is 947 g/mol. The smallest absolute Gasteiger partial charge is 0.493 e. The highest BCUT2D eigenvalue weighted by atomic mass is 35.5. The Kier molecular flexibility index (Phi) is 14.1. The average molecular weight is 991 g/mol. The molecule has 2 atom stereocenters. The van der Waals surface area contributed by atoms with Crippen molar-refractivity contribution < 1.29 is 61.7 Å². The van der Waals surface area contributed by atoms with E-state index in [4.69, 9.17) is 37.0 Å². The topological polar surface area (TPSA) is 221 Å². The molecule has 0 radical (unpaired) electrons. The summed E-state index contributed by atoms with van der Waals surface area (Å²) in [6.07, 6.45) is 10.1. The molecule has 5 aromatic carbocycles. The van der Waals surface area contributed by atoms with Gasteiger partial charge in [0.05, 0.1) is 18.0 Å². The van der Waals surface area contributed by atoms with Crippen molar-refractivity contribution in [3.05, 3.63) is 125 Å². The van der Waals surface area contributed by atoms with Crippen molar-refractivity contribution in [3.8, 4) is 17.2 Å². The van der Waals surface area contributed by atoms with Crippen molar-refractivity contribution in [3.63, 3.8) is 0 Å². The van der Waals surface area contributed by atoms with Crippen LogP contribution in [0, 0.1) is 0 Å². The van der Waals surface area contributed by atoms with Gasteiger partial charge in [-0.15, -0.1) is 23.2 Å². The van der Waals surface area contributed by atoms with Crippen LogP contribution in [0.4, 0.5) is 11.4 Å². The van der Waals surface area contributed by atoms with Gasteiger partial charge in [-0.2, -0.15) is 0 Å². The number of anilines is 2. The molecule has 67 heavy (non-hydrogen) atoms. The fourth-order valence-corrected chi connectivity index (χ4v) is 10.0. The van der Waals surface area contributed by atoms with Gasteiger partial charge in [-0.05, 0) is 64.9 Å². The molecule has 3 heterocycles.